The van der Waals surface area contributed by atoms with Crippen molar-refractivity contribution in [2.75, 3.05) is 50.8 Å². The maximum atomic E-state index is 9.96. The average molecular weight is 318 g/mol. The molecule has 2 aliphatic rings. The number of likely N-dealkylation sites (tertiary alicyclic amines) is 1. The molecule has 1 aromatic carbocycles. The Labute approximate surface area is 140 Å². The van der Waals surface area contributed by atoms with Gasteiger partial charge in [0.15, 0.2) is 0 Å². The van der Waals surface area contributed by atoms with Crippen LogP contribution in [0.1, 0.15) is 25.3 Å². The van der Waals surface area contributed by atoms with Gasteiger partial charge in [0.2, 0.25) is 0 Å². The Balaban J connectivity index is 1.42. The quantitative estimate of drug-likeness (QED) is 0.836. The Kier molecular flexibility index (Phi) is 5.92. The summed E-state index contributed by atoms with van der Waals surface area (Å²) in [6, 6.07) is 8.83. The lowest BCUT2D eigenvalue weighted by molar-refractivity contribution is 0.0149. The maximum Gasteiger partial charge on any atom is 0.0900 e. The van der Waals surface area contributed by atoms with Gasteiger partial charge in [-0.25, -0.2) is 0 Å². The summed E-state index contributed by atoms with van der Waals surface area (Å²) in [7, 11) is 0. The molecule has 0 bridgehead atoms. The van der Waals surface area contributed by atoms with E-state index in [2.05, 4.69) is 34.1 Å². The summed E-state index contributed by atoms with van der Waals surface area (Å²) in [5, 5.41) is 9.96. The van der Waals surface area contributed by atoms with Gasteiger partial charge < -0.3 is 19.6 Å². The monoisotopic (exact) mass is 318 g/mol. The standard InChI is InChI=1S/C19H30N2O2/c1-2-23-15-18(22)14-20-10-7-16(8-11-20)13-21-12-9-17-5-3-4-6-19(17)21/h3-6,16,18,22H,2,7-15H2,1H3. The van der Waals surface area contributed by atoms with Gasteiger partial charge in [0.1, 0.15) is 0 Å². The van der Waals surface area contributed by atoms with Crippen molar-refractivity contribution in [2.24, 2.45) is 5.92 Å². The van der Waals surface area contributed by atoms with Gasteiger partial charge >= 0.3 is 0 Å². The van der Waals surface area contributed by atoms with Crippen LogP contribution in [0, 0.1) is 5.92 Å². The van der Waals surface area contributed by atoms with Crippen LogP contribution in [0.5, 0.6) is 0 Å². The number of benzene rings is 1. The molecule has 0 aliphatic carbocycles. The number of aliphatic hydroxyl groups is 1. The Hall–Kier alpha value is -1.10. The summed E-state index contributed by atoms with van der Waals surface area (Å²) in [6.07, 6.45) is 3.32. The van der Waals surface area contributed by atoms with Gasteiger partial charge in [-0.05, 0) is 56.8 Å². The number of nitrogens with zero attached hydrogens (tertiary/aromatic N) is 2. The zero-order chi connectivity index (χ0) is 16.1. The minimum absolute atomic E-state index is 0.350. The van der Waals surface area contributed by atoms with Gasteiger partial charge in [0, 0.05) is 31.9 Å². The molecule has 0 amide bonds. The summed E-state index contributed by atoms with van der Waals surface area (Å²) in [4.78, 5) is 4.96. The first-order chi connectivity index (χ1) is 11.3. The van der Waals surface area contributed by atoms with E-state index in [1.807, 2.05) is 6.92 Å². The number of fused-ring (bicyclic) bond motifs is 1. The fourth-order valence-corrected chi connectivity index (χ4v) is 3.86. The molecule has 2 heterocycles. The molecule has 3 rings (SSSR count). The highest BCUT2D eigenvalue weighted by atomic mass is 16.5. The molecule has 128 valence electrons. The number of anilines is 1. The highest BCUT2D eigenvalue weighted by molar-refractivity contribution is 5.57. The lowest BCUT2D eigenvalue weighted by Gasteiger charge is -2.35. The third kappa shape index (κ3) is 4.46. The molecule has 2 aliphatic heterocycles. The van der Waals surface area contributed by atoms with Crippen LogP contribution in [-0.4, -0.2) is 62.0 Å². The molecule has 1 atom stereocenters. The highest BCUT2D eigenvalue weighted by Gasteiger charge is 2.25. The summed E-state index contributed by atoms with van der Waals surface area (Å²) in [5.74, 6) is 0.779. The molecule has 4 nitrogen and oxygen atoms in total. The van der Waals surface area contributed by atoms with Crippen LogP contribution in [0.4, 0.5) is 5.69 Å². The fourth-order valence-electron chi connectivity index (χ4n) is 3.86. The van der Waals surface area contributed by atoms with Gasteiger partial charge in [-0.2, -0.15) is 0 Å². The SMILES string of the molecule is CCOCC(O)CN1CCC(CN2CCc3ccccc32)CC1. The van der Waals surface area contributed by atoms with Crippen molar-refractivity contribution >= 4 is 5.69 Å². The van der Waals surface area contributed by atoms with Crippen LogP contribution in [0.25, 0.3) is 0 Å². The van der Waals surface area contributed by atoms with Crippen LogP contribution < -0.4 is 4.90 Å². The molecule has 0 aromatic heterocycles. The van der Waals surface area contributed by atoms with Crippen LogP contribution in [-0.2, 0) is 11.2 Å². The lowest BCUT2D eigenvalue weighted by atomic mass is 9.96. The number of β-amino-alcohol motifs (C(OH)–C–C–N with tert-alkyl or cyclic N) is 1. The van der Waals surface area contributed by atoms with Crippen molar-refractivity contribution in [3.05, 3.63) is 29.8 Å². The van der Waals surface area contributed by atoms with Crippen molar-refractivity contribution in [2.45, 2.75) is 32.3 Å². The van der Waals surface area contributed by atoms with Crippen molar-refractivity contribution in [3.63, 3.8) is 0 Å². The van der Waals surface area contributed by atoms with Crippen LogP contribution in [0.2, 0.25) is 0 Å². The molecular formula is C19H30N2O2. The van der Waals surface area contributed by atoms with Gasteiger partial charge in [0.05, 0.1) is 12.7 Å². The number of hydrogen-bond donors (Lipinski definition) is 1. The predicted octanol–water partition coefficient (Wildman–Crippen LogP) is 2.16. The van der Waals surface area contributed by atoms with Crippen LogP contribution in [0.3, 0.4) is 0 Å². The molecule has 1 fully saturated rings. The van der Waals surface area contributed by atoms with E-state index in [1.165, 1.54) is 43.6 Å². The second kappa shape index (κ2) is 8.13. The topological polar surface area (TPSA) is 35.9 Å². The van der Waals surface area contributed by atoms with E-state index in [0.29, 0.717) is 13.2 Å². The second-order valence-electron chi connectivity index (χ2n) is 6.88. The van der Waals surface area contributed by atoms with Crippen LogP contribution >= 0.6 is 0 Å². The van der Waals surface area contributed by atoms with Gasteiger partial charge in [-0.15, -0.1) is 0 Å². The van der Waals surface area contributed by atoms with E-state index in [0.717, 1.165) is 25.6 Å². The van der Waals surface area contributed by atoms with E-state index in [9.17, 15) is 5.11 Å². The molecule has 1 N–H and O–H groups in total. The molecule has 1 saturated heterocycles. The largest absolute Gasteiger partial charge is 0.389 e. The number of rotatable bonds is 7. The number of piperidine rings is 1. The van der Waals surface area contributed by atoms with Crippen molar-refractivity contribution in [3.8, 4) is 0 Å². The van der Waals surface area contributed by atoms with Gasteiger partial charge in [-0.3, -0.25) is 0 Å². The number of ether oxygens (including phenoxy) is 1. The third-order valence-corrected chi connectivity index (χ3v) is 5.15. The third-order valence-electron chi connectivity index (χ3n) is 5.15. The van der Waals surface area contributed by atoms with E-state index in [4.69, 9.17) is 4.74 Å². The Morgan fingerprint density at radius 2 is 2.00 bits per heavy atom. The molecule has 0 radical (unpaired) electrons. The predicted molar refractivity (Wildman–Crippen MR) is 94.0 cm³/mol. The minimum atomic E-state index is -0.350. The first kappa shape index (κ1) is 16.7. The maximum absolute atomic E-state index is 9.96. The Bertz CT molecular complexity index is 486. The second-order valence-corrected chi connectivity index (χ2v) is 6.88. The smallest absolute Gasteiger partial charge is 0.0900 e. The zero-order valence-corrected chi connectivity index (χ0v) is 14.3. The van der Waals surface area contributed by atoms with E-state index >= 15 is 0 Å². The van der Waals surface area contributed by atoms with E-state index in [-0.39, 0.29) is 6.10 Å². The van der Waals surface area contributed by atoms with E-state index in [1.54, 1.807) is 0 Å². The first-order valence-corrected chi connectivity index (χ1v) is 9.07. The number of aliphatic hydroxyl groups excluding tert-OH is 1. The van der Waals surface area contributed by atoms with E-state index < -0.39 is 0 Å². The van der Waals surface area contributed by atoms with Crippen molar-refractivity contribution in [1.82, 2.24) is 4.90 Å². The lowest BCUT2D eigenvalue weighted by Crippen LogP contribution is -2.42. The normalized spacial score (nSPS) is 20.7. The Morgan fingerprint density at radius 3 is 2.78 bits per heavy atom. The number of para-hydroxylation sites is 1. The fraction of sp³-hybridized carbons (Fsp3) is 0.684. The summed E-state index contributed by atoms with van der Waals surface area (Å²) >= 11 is 0. The molecule has 0 spiro atoms. The van der Waals surface area contributed by atoms with Gasteiger partial charge in [0.25, 0.3) is 0 Å². The zero-order valence-electron chi connectivity index (χ0n) is 14.3. The summed E-state index contributed by atoms with van der Waals surface area (Å²) < 4.78 is 5.30. The molecule has 1 unspecified atom stereocenters. The van der Waals surface area contributed by atoms with Gasteiger partial charge in [-0.1, -0.05) is 18.2 Å². The molecule has 1 aromatic rings. The first-order valence-electron chi connectivity index (χ1n) is 9.07. The van der Waals surface area contributed by atoms with Crippen LogP contribution in [0.15, 0.2) is 24.3 Å². The summed E-state index contributed by atoms with van der Waals surface area (Å²) in [5.41, 5.74) is 2.95. The van der Waals surface area contributed by atoms with Crippen molar-refractivity contribution < 1.29 is 9.84 Å². The average Bonchev–Trinajstić information content (AvgIpc) is 2.98. The minimum Gasteiger partial charge on any atom is -0.389 e. The summed E-state index contributed by atoms with van der Waals surface area (Å²) in [6.45, 7) is 8.41. The molecular weight excluding hydrogens is 288 g/mol. The van der Waals surface area contributed by atoms with Crippen molar-refractivity contribution in [1.29, 1.82) is 0 Å². The Morgan fingerprint density at radius 1 is 1.22 bits per heavy atom. The number of hydrogen-bond acceptors (Lipinski definition) is 4. The molecule has 23 heavy (non-hydrogen) atoms. The molecule has 0 saturated carbocycles. The molecule has 4 heteroatoms. The highest BCUT2D eigenvalue weighted by Crippen LogP contribution is 2.30.